The molecule has 0 aliphatic carbocycles. The molecule has 1 aromatic carbocycles. The predicted octanol–water partition coefficient (Wildman–Crippen LogP) is 1.65. The summed E-state index contributed by atoms with van der Waals surface area (Å²) in [7, 11) is 0. The number of nitrogens with one attached hydrogen (secondary N) is 1. The van der Waals surface area contributed by atoms with Crippen LogP contribution in [0.25, 0.3) is 0 Å². The highest BCUT2D eigenvalue weighted by atomic mass is 16.6. The van der Waals surface area contributed by atoms with Gasteiger partial charge in [0.15, 0.2) is 11.5 Å². The number of benzene rings is 1. The molecule has 2 aromatic rings. The summed E-state index contributed by atoms with van der Waals surface area (Å²) >= 11 is 0. The number of piperidine rings is 1. The van der Waals surface area contributed by atoms with Crippen molar-refractivity contribution < 1.29 is 14.3 Å². The second-order valence-corrected chi connectivity index (χ2v) is 6.59. The molecule has 136 valence electrons. The molecule has 7 heteroatoms. The summed E-state index contributed by atoms with van der Waals surface area (Å²) in [6, 6.07) is 7.58. The number of carbonyl (C=O) groups is 1. The summed E-state index contributed by atoms with van der Waals surface area (Å²) in [4.78, 5) is 23.2. The molecular formula is C19H22N4O3. The van der Waals surface area contributed by atoms with Crippen molar-refractivity contribution in [3.8, 4) is 11.5 Å². The molecule has 1 amide bonds. The van der Waals surface area contributed by atoms with Crippen LogP contribution in [0.4, 0.5) is 5.82 Å². The molecule has 0 saturated carbocycles. The molecule has 26 heavy (non-hydrogen) atoms. The van der Waals surface area contributed by atoms with Crippen molar-refractivity contribution in [2.75, 3.05) is 31.1 Å². The first kappa shape index (κ1) is 16.6. The minimum atomic E-state index is -0.173. The van der Waals surface area contributed by atoms with Crippen molar-refractivity contribution in [2.24, 2.45) is 5.92 Å². The molecule has 0 spiro atoms. The maximum absolute atomic E-state index is 12.6. The average molecular weight is 354 g/mol. The van der Waals surface area contributed by atoms with Gasteiger partial charge in [0, 0.05) is 25.5 Å². The van der Waals surface area contributed by atoms with Gasteiger partial charge in [-0.05, 0) is 25.0 Å². The Kier molecular flexibility index (Phi) is 4.86. The fourth-order valence-electron chi connectivity index (χ4n) is 3.38. The second kappa shape index (κ2) is 7.59. The van der Waals surface area contributed by atoms with E-state index in [1.165, 1.54) is 0 Å². The van der Waals surface area contributed by atoms with E-state index in [-0.39, 0.29) is 17.9 Å². The minimum Gasteiger partial charge on any atom is -0.486 e. The number of para-hydroxylation sites is 2. The summed E-state index contributed by atoms with van der Waals surface area (Å²) in [5.41, 5.74) is 0. The Labute approximate surface area is 152 Å². The third-order valence-electron chi connectivity index (χ3n) is 4.74. The minimum absolute atomic E-state index is 0.0532. The van der Waals surface area contributed by atoms with Crippen LogP contribution >= 0.6 is 0 Å². The number of amides is 1. The first-order valence-electron chi connectivity index (χ1n) is 8.97. The van der Waals surface area contributed by atoms with Crippen molar-refractivity contribution in [1.82, 2.24) is 15.3 Å². The van der Waals surface area contributed by atoms with Crippen molar-refractivity contribution in [3.05, 3.63) is 42.9 Å². The number of rotatable bonds is 4. The maximum atomic E-state index is 12.6. The molecule has 2 aliphatic heterocycles. The topological polar surface area (TPSA) is 76.6 Å². The Hall–Kier alpha value is -2.83. The third kappa shape index (κ3) is 3.71. The Bertz CT molecular complexity index is 755. The normalized spacial score (nSPS) is 21.9. The molecule has 0 bridgehead atoms. The van der Waals surface area contributed by atoms with E-state index in [1.807, 2.05) is 24.3 Å². The highest BCUT2D eigenvalue weighted by Crippen LogP contribution is 2.30. The Morgan fingerprint density at radius 2 is 2.15 bits per heavy atom. The molecule has 2 atom stereocenters. The Balaban J connectivity index is 1.30. The highest BCUT2D eigenvalue weighted by molar-refractivity contribution is 5.79. The predicted molar refractivity (Wildman–Crippen MR) is 96.3 cm³/mol. The van der Waals surface area contributed by atoms with Crippen LogP contribution in [-0.2, 0) is 4.79 Å². The van der Waals surface area contributed by atoms with Crippen molar-refractivity contribution in [1.29, 1.82) is 0 Å². The summed E-state index contributed by atoms with van der Waals surface area (Å²) in [6.07, 6.45) is 6.75. The van der Waals surface area contributed by atoms with E-state index in [1.54, 1.807) is 18.6 Å². The molecule has 0 radical (unpaired) electrons. The Morgan fingerprint density at radius 1 is 1.27 bits per heavy atom. The maximum Gasteiger partial charge on any atom is 0.225 e. The number of fused-ring (bicyclic) bond motifs is 1. The number of hydrogen-bond acceptors (Lipinski definition) is 6. The van der Waals surface area contributed by atoms with E-state index >= 15 is 0 Å². The number of nitrogens with zero attached hydrogens (tertiary/aromatic N) is 3. The van der Waals surface area contributed by atoms with Crippen molar-refractivity contribution in [3.63, 3.8) is 0 Å². The average Bonchev–Trinajstić information content (AvgIpc) is 2.72. The SMILES string of the molecule is O=C(NC[C@H]1COc2ccccc2O1)[C@H]1CCCN(c2cnccn2)C1. The van der Waals surface area contributed by atoms with E-state index in [4.69, 9.17) is 9.47 Å². The second-order valence-electron chi connectivity index (χ2n) is 6.59. The highest BCUT2D eigenvalue weighted by Gasteiger charge is 2.28. The van der Waals surface area contributed by atoms with Crippen molar-refractivity contribution in [2.45, 2.75) is 18.9 Å². The number of carbonyl (C=O) groups excluding carboxylic acids is 1. The van der Waals surface area contributed by atoms with Gasteiger partial charge in [0.1, 0.15) is 18.5 Å². The van der Waals surface area contributed by atoms with E-state index in [2.05, 4.69) is 20.2 Å². The van der Waals surface area contributed by atoms with Crippen LogP contribution in [0.2, 0.25) is 0 Å². The first-order valence-corrected chi connectivity index (χ1v) is 8.97. The quantitative estimate of drug-likeness (QED) is 0.900. The van der Waals surface area contributed by atoms with Gasteiger partial charge in [-0.3, -0.25) is 9.78 Å². The third-order valence-corrected chi connectivity index (χ3v) is 4.74. The lowest BCUT2D eigenvalue weighted by atomic mass is 9.97. The van der Waals surface area contributed by atoms with Crippen LogP contribution in [0, 0.1) is 5.92 Å². The number of ether oxygens (including phenoxy) is 2. The largest absolute Gasteiger partial charge is 0.486 e. The smallest absolute Gasteiger partial charge is 0.225 e. The monoisotopic (exact) mass is 354 g/mol. The molecule has 1 aromatic heterocycles. The number of hydrogen-bond donors (Lipinski definition) is 1. The van der Waals surface area contributed by atoms with Gasteiger partial charge in [-0.1, -0.05) is 12.1 Å². The molecule has 1 saturated heterocycles. The fourth-order valence-corrected chi connectivity index (χ4v) is 3.38. The van der Waals surface area contributed by atoms with Gasteiger partial charge in [0.2, 0.25) is 5.91 Å². The van der Waals surface area contributed by atoms with Crippen LogP contribution in [0.3, 0.4) is 0 Å². The summed E-state index contributed by atoms with van der Waals surface area (Å²) in [6.45, 7) is 2.44. The van der Waals surface area contributed by atoms with Crippen LogP contribution in [0.1, 0.15) is 12.8 Å². The van der Waals surface area contributed by atoms with Crippen molar-refractivity contribution >= 4 is 11.7 Å². The van der Waals surface area contributed by atoms with Gasteiger partial charge in [-0.2, -0.15) is 0 Å². The first-order chi connectivity index (χ1) is 12.8. The van der Waals surface area contributed by atoms with Gasteiger partial charge in [-0.15, -0.1) is 0 Å². The van der Waals surface area contributed by atoms with Gasteiger partial charge >= 0.3 is 0 Å². The van der Waals surface area contributed by atoms with Gasteiger partial charge in [-0.25, -0.2) is 4.98 Å². The summed E-state index contributed by atoms with van der Waals surface area (Å²) < 4.78 is 11.6. The molecule has 0 unspecified atom stereocenters. The van der Waals surface area contributed by atoms with E-state index in [9.17, 15) is 4.79 Å². The van der Waals surface area contributed by atoms with Crippen LogP contribution < -0.4 is 19.7 Å². The van der Waals surface area contributed by atoms with Gasteiger partial charge in [0.25, 0.3) is 0 Å². The fraction of sp³-hybridized carbons (Fsp3) is 0.421. The molecule has 3 heterocycles. The standard InChI is InChI=1S/C19H22N4O3/c24-19(14-4-3-9-23(12-14)18-11-20-7-8-21-18)22-10-15-13-25-16-5-1-2-6-17(16)26-15/h1-2,5-8,11,14-15H,3-4,9-10,12-13H2,(H,22,24)/t14-,15-/m0/s1. The number of anilines is 1. The lowest BCUT2D eigenvalue weighted by molar-refractivity contribution is -0.125. The van der Waals surface area contributed by atoms with E-state index < -0.39 is 0 Å². The lowest BCUT2D eigenvalue weighted by Gasteiger charge is -2.33. The van der Waals surface area contributed by atoms with Gasteiger partial charge < -0.3 is 19.7 Å². The zero-order valence-electron chi connectivity index (χ0n) is 14.5. The summed E-state index contributed by atoms with van der Waals surface area (Å²) in [5.74, 6) is 2.31. The van der Waals surface area contributed by atoms with E-state index in [0.29, 0.717) is 19.7 Å². The molecule has 2 aliphatic rings. The summed E-state index contributed by atoms with van der Waals surface area (Å²) in [5, 5.41) is 3.02. The van der Waals surface area contributed by atoms with Crippen LogP contribution in [0.15, 0.2) is 42.9 Å². The molecule has 1 fully saturated rings. The molecule has 1 N–H and O–H groups in total. The Morgan fingerprint density at radius 3 is 3.00 bits per heavy atom. The van der Waals surface area contributed by atoms with E-state index in [0.717, 1.165) is 36.7 Å². The zero-order chi connectivity index (χ0) is 17.8. The molecular weight excluding hydrogens is 332 g/mol. The molecule has 4 rings (SSSR count). The zero-order valence-corrected chi connectivity index (χ0v) is 14.5. The van der Waals surface area contributed by atoms with Crippen LogP contribution in [-0.4, -0.2) is 48.2 Å². The number of aromatic nitrogens is 2. The lowest BCUT2D eigenvalue weighted by Crippen LogP contribution is -2.47. The molecule has 7 nitrogen and oxygen atoms in total. The van der Waals surface area contributed by atoms with Gasteiger partial charge in [0.05, 0.1) is 18.7 Å². The van der Waals surface area contributed by atoms with Crippen LogP contribution in [0.5, 0.6) is 11.5 Å².